The van der Waals surface area contributed by atoms with E-state index in [1.165, 1.54) is 84.7 Å². The van der Waals surface area contributed by atoms with Gasteiger partial charge in [-0.2, -0.15) is 0 Å². The minimum Gasteiger partial charge on any atom is -0.0654 e. The second-order valence-electron chi connectivity index (χ2n) is 12.5. The summed E-state index contributed by atoms with van der Waals surface area (Å²) >= 11 is 0. The third kappa shape index (κ3) is 7.73. The van der Waals surface area contributed by atoms with E-state index in [-0.39, 0.29) is 10.8 Å². The van der Waals surface area contributed by atoms with E-state index in [2.05, 4.69) is 106 Å². The van der Waals surface area contributed by atoms with Gasteiger partial charge in [0.15, 0.2) is 0 Å². The van der Waals surface area contributed by atoms with Crippen LogP contribution in [0.1, 0.15) is 155 Å². The highest BCUT2D eigenvalue weighted by atomic mass is 14.3. The molecule has 0 aliphatic heterocycles. The van der Waals surface area contributed by atoms with Gasteiger partial charge >= 0.3 is 0 Å². The van der Waals surface area contributed by atoms with E-state index in [1.54, 1.807) is 0 Å². The number of hydrogen-bond donors (Lipinski definition) is 0. The maximum Gasteiger partial charge on any atom is -0.00583 e. The Morgan fingerprint density at radius 1 is 0.529 bits per heavy atom. The summed E-state index contributed by atoms with van der Waals surface area (Å²) in [7, 11) is 0. The maximum absolute atomic E-state index is 3.86. The standard InChI is InChI=1S/C34H52/c1-11-15-25(16-12-2)27-19-29(23-31(21-27)33(5,6)7)30-20-28(26(17-13-3)18-14-4)22-32(24-30)34(8,9)10/h19-22,25-26H,11-18H2,1-10H3. The predicted octanol–water partition coefficient (Wildman–Crippen LogP) is 10.9. The van der Waals surface area contributed by atoms with E-state index in [0.29, 0.717) is 11.8 Å². The number of hydrogen-bond acceptors (Lipinski definition) is 0. The summed E-state index contributed by atoms with van der Waals surface area (Å²) in [5.74, 6) is 1.25. The number of benzene rings is 2. The van der Waals surface area contributed by atoms with Crippen LogP contribution < -0.4 is 0 Å². The van der Waals surface area contributed by atoms with Crippen LogP contribution in [0.25, 0.3) is 11.1 Å². The second kappa shape index (κ2) is 12.4. The molecule has 0 N–H and O–H groups in total. The van der Waals surface area contributed by atoms with Gasteiger partial charge in [-0.3, -0.25) is 0 Å². The van der Waals surface area contributed by atoms with Crippen LogP contribution in [0.5, 0.6) is 0 Å². The fourth-order valence-electron chi connectivity index (χ4n) is 5.10. The molecule has 2 aromatic carbocycles. The molecule has 0 atom stereocenters. The van der Waals surface area contributed by atoms with Gasteiger partial charge in [0, 0.05) is 0 Å². The second-order valence-corrected chi connectivity index (χ2v) is 12.5. The van der Waals surface area contributed by atoms with Gasteiger partial charge in [0.2, 0.25) is 0 Å². The maximum atomic E-state index is 3.86. The zero-order valence-electron chi connectivity index (χ0n) is 24.1. The molecule has 0 aromatic heterocycles. The first kappa shape index (κ1) is 28.7. The molecular weight excluding hydrogens is 408 g/mol. The zero-order chi connectivity index (χ0) is 25.5. The van der Waals surface area contributed by atoms with Crippen LogP contribution in [0.3, 0.4) is 0 Å². The third-order valence-corrected chi connectivity index (χ3v) is 7.18. The van der Waals surface area contributed by atoms with Gasteiger partial charge < -0.3 is 0 Å². The topological polar surface area (TPSA) is 0 Å². The Balaban J connectivity index is 2.76. The lowest BCUT2D eigenvalue weighted by Gasteiger charge is -2.26. The van der Waals surface area contributed by atoms with Crippen molar-refractivity contribution < 1.29 is 0 Å². The van der Waals surface area contributed by atoms with E-state index in [1.807, 2.05) is 0 Å². The van der Waals surface area contributed by atoms with Crippen molar-refractivity contribution >= 4 is 0 Å². The van der Waals surface area contributed by atoms with E-state index >= 15 is 0 Å². The van der Waals surface area contributed by atoms with Crippen LogP contribution in [0.2, 0.25) is 0 Å². The summed E-state index contributed by atoms with van der Waals surface area (Å²) in [5, 5.41) is 0. The molecule has 0 nitrogen and oxygen atoms in total. The molecule has 0 spiro atoms. The van der Waals surface area contributed by atoms with E-state index in [4.69, 9.17) is 0 Å². The van der Waals surface area contributed by atoms with Gasteiger partial charge in [0.1, 0.15) is 0 Å². The molecule has 2 aromatic rings. The van der Waals surface area contributed by atoms with Gasteiger partial charge in [-0.1, -0.05) is 119 Å². The first-order chi connectivity index (χ1) is 15.9. The monoisotopic (exact) mass is 460 g/mol. The minimum absolute atomic E-state index is 0.0746. The molecule has 0 unspecified atom stereocenters. The molecule has 0 heteroatoms. The van der Waals surface area contributed by atoms with Crippen molar-refractivity contribution in [1.82, 2.24) is 0 Å². The molecule has 0 saturated carbocycles. The highest BCUT2D eigenvalue weighted by Gasteiger charge is 2.22. The summed E-state index contributed by atoms with van der Waals surface area (Å²) in [6, 6.07) is 17.5. The molecule has 0 aliphatic rings. The predicted molar refractivity (Wildman–Crippen MR) is 152 cm³/mol. The lowest BCUT2D eigenvalue weighted by atomic mass is 9.78. The number of rotatable bonds is 11. The summed E-state index contributed by atoms with van der Waals surface area (Å²) in [6.07, 6.45) is 9.95. The Morgan fingerprint density at radius 2 is 0.824 bits per heavy atom. The van der Waals surface area contributed by atoms with Crippen molar-refractivity contribution in [3.63, 3.8) is 0 Å². The van der Waals surface area contributed by atoms with Crippen LogP contribution in [-0.2, 0) is 10.8 Å². The zero-order valence-corrected chi connectivity index (χ0v) is 24.1. The Kier molecular flexibility index (Phi) is 10.5. The van der Waals surface area contributed by atoms with Gasteiger partial charge in [-0.25, -0.2) is 0 Å². The molecule has 2 radical (unpaired) electrons. The molecule has 0 aliphatic carbocycles. The third-order valence-electron chi connectivity index (χ3n) is 7.18. The van der Waals surface area contributed by atoms with Crippen molar-refractivity contribution in [2.24, 2.45) is 0 Å². The van der Waals surface area contributed by atoms with E-state index in [9.17, 15) is 0 Å². The van der Waals surface area contributed by atoms with Crippen molar-refractivity contribution in [1.29, 1.82) is 0 Å². The molecule has 0 fully saturated rings. The van der Waals surface area contributed by atoms with Crippen molar-refractivity contribution in [3.05, 3.63) is 58.7 Å². The lowest BCUT2D eigenvalue weighted by Crippen LogP contribution is -2.14. The van der Waals surface area contributed by atoms with E-state index in [0.717, 1.165) is 0 Å². The normalized spacial score (nSPS) is 12.7. The smallest absolute Gasteiger partial charge is 0.00583 e. The first-order valence-electron chi connectivity index (χ1n) is 14.1. The van der Waals surface area contributed by atoms with Crippen molar-refractivity contribution in [2.45, 2.75) is 143 Å². The first-order valence-corrected chi connectivity index (χ1v) is 14.1. The summed E-state index contributed by atoms with van der Waals surface area (Å²) in [4.78, 5) is 0. The van der Waals surface area contributed by atoms with Crippen molar-refractivity contribution in [2.75, 3.05) is 0 Å². The SMILES string of the molecule is CCCC(CCC)c1cc(-c2[c]c(C(C)(C)C)cc(C(CCC)CCC)c2)[c]c(C(C)(C)C)c1. The average molecular weight is 461 g/mol. The van der Waals surface area contributed by atoms with Crippen molar-refractivity contribution in [3.8, 4) is 11.1 Å². The highest BCUT2D eigenvalue weighted by Crippen LogP contribution is 2.38. The van der Waals surface area contributed by atoms with Gasteiger partial charge in [0.05, 0.1) is 0 Å². The van der Waals surface area contributed by atoms with Gasteiger partial charge in [0.25, 0.3) is 0 Å². The molecule has 0 amide bonds. The summed E-state index contributed by atoms with van der Waals surface area (Å²) in [6.45, 7) is 23.2. The Hall–Kier alpha value is -1.56. The molecule has 0 heterocycles. The summed E-state index contributed by atoms with van der Waals surface area (Å²) < 4.78 is 0. The Bertz CT molecular complexity index is 800. The van der Waals surface area contributed by atoms with Crippen LogP contribution in [0, 0.1) is 12.1 Å². The molecule has 0 saturated heterocycles. The van der Waals surface area contributed by atoms with Gasteiger partial charge in [-0.15, -0.1) is 0 Å². The van der Waals surface area contributed by atoms with Gasteiger partial charge in [-0.05, 0) is 93.9 Å². The molecule has 34 heavy (non-hydrogen) atoms. The lowest BCUT2D eigenvalue weighted by molar-refractivity contribution is 0.552. The fraction of sp³-hybridized carbons (Fsp3) is 0.647. The summed E-state index contributed by atoms with van der Waals surface area (Å²) in [5.41, 5.74) is 8.27. The average Bonchev–Trinajstić information content (AvgIpc) is 2.77. The molecule has 0 bridgehead atoms. The molecular formula is C34H52. The van der Waals surface area contributed by atoms with E-state index < -0.39 is 0 Å². The minimum atomic E-state index is 0.0746. The largest absolute Gasteiger partial charge is 0.0654 e. The van der Waals surface area contributed by atoms with Crippen LogP contribution in [0.4, 0.5) is 0 Å². The molecule has 2 rings (SSSR count). The Labute approximate surface area is 213 Å². The van der Waals surface area contributed by atoms with Crippen LogP contribution in [0.15, 0.2) is 24.3 Å². The quantitative estimate of drug-likeness (QED) is 0.313. The molecule has 188 valence electrons. The fourth-order valence-corrected chi connectivity index (χ4v) is 5.10. The van der Waals surface area contributed by atoms with Crippen LogP contribution >= 0.6 is 0 Å². The van der Waals surface area contributed by atoms with Crippen LogP contribution in [-0.4, -0.2) is 0 Å². The highest BCUT2D eigenvalue weighted by molar-refractivity contribution is 5.67. The Morgan fingerprint density at radius 3 is 1.06 bits per heavy atom.